The summed E-state index contributed by atoms with van der Waals surface area (Å²) in [5.74, 6) is 1.43. The molecule has 1 atom stereocenters. The zero-order valence-corrected chi connectivity index (χ0v) is 16.8. The summed E-state index contributed by atoms with van der Waals surface area (Å²) < 4.78 is 18.2. The number of anilines is 1. The molecule has 0 bridgehead atoms. The van der Waals surface area contributed by atoms with Crippen molar-refractivity contribution in [2.75, 3.05) is 38.6 Å². The summed E-state index contributed by atoms with van der Waals surface area (Å²) in [5.41, 5.74) is 1.83. The van der Waals surface area contributed by atoms with Gasteiger partial charge in [-0.2, -0.15) is 0 Å². The van der Waals surface area contributed by atoms with Crippen LogP contribution in [0.25, 0.3) is 0 Å². The number of carbonyl (C=O) groups is 1. The van der Waals surface area contributed by atoms with Crippen molar-refractivity contribution in [1.82, 2.24) is 10.2 Å². The minimum absolute atomic E-state index is 0.00339. The van der Waals surface area contributed by atoms with Gasteiger partial charge in [0.05, 0.1) is 7.11 Å². The van der Waals surface area contributed by atoms with Crippen LogP contribution in [0.15, 0.2) is 53.5 Å². The van der Waals surface area contributed by atoms with Crippen LogP contribution in [-0.2, 0) is 4.79 Å². The molecule has 29 heavy (non-hydrogen) atoms. The quantitative estimate of drug-likeness (QED) is 0.579. The van der Waals surface area contributed by atoms with E-state index in [1.165, 1.54) is 29.8 Å². The molecule has 0 radical (unpaired) electrons. The lowest BCUT2D eigenvalue weighted by molar-refractivity contribution is -0.114. The fourth-order valence-corrected chi connectivity index (χ4v) is 3.41. The van der Waals surface area contributed by atoms with Crippen LogP contribution in [0.4, 0.5) is 10.1 Å². The first-order valence-corrected chi connectivity index (χ1v) is 9.81. The van der Waals surface area contributed by atoms with E-state index in [9.17, 15) is 9.18 Å². The molecule has 1 amide bonds. The molecular formula is C22H27FN4O2. The number of hydrogen-bond acceptors (Lipinski definition) is 3. The third-order valence-corrected chi connectivity index (χ3v) is 4.91. The maximum atomic E-state index is 13.0. The molecule has 154 valence electrons. The van der Waals surface area contributed by atoms with Crippen LogP contribution >= 0.6 is 0 Å². The minimum Gasteiger partial charge on any atom is -0.497 e. The number of methoxy groups -OCH3 is 1. The van der Waals surface area contributed by atoms with Crippen LogP contribution in [0.3, 0.4) is 0 Å². The number of aliphatic imine (C=N–C) groups is 1. The van der Waals surface area contributed by atoms with E-state index in [2.05, 4.69) is 32.7 Å². The van der Waals surface area contributed by atoms with Crippen molar-refractivity contribution < 1.29 is 13.9 Å². The smallest absolute Gasteiger partial charge is 0.246 e. The van der Waals surface area contributed by atoms with Crippen molar-refractivity contribution in [1.29, 1.82) is 0 Å². The Morgan fingerprint density at radius 2 is 1.93 bits per heavy atom. The number of halogens is 1. The second-order valence-corrected chi connectivity index (χ2v) is 6.93. The van der Waals surface area contributed by atoms with Gasteiger partial charge in [0.25, 0.3) is 0 Å². The third-order valence-electron chi connectivity index (χ3n) is 4.91. The molecule has 1 heterocycles. The zero-order valence-electron chi connectivity index (χ0n) is 16.8. The highest BCUT2D eigenvalue weighted by Gasteiger charge is 2.26. The molecule has 1 unspecified atom stereocenters. The Morgan fingerprint density at radius 3 is 2.59 bits per heavy atom. The van der Waals surface area contributed by atoms with Crippen LogP contribution in [0.1, 0.15) is 24.8 Å². The fourth-order valence-electron chi connectivity index (χ4n) is 3.41. The van der Waals surface area contributed by atoms with E-state index in [-0.39, 0.29) is 18.3 Å². The number of amides is 1. The molecule has 2 aromatic carbocycles. The molecule has 7 heteroatoms. The second-order valence-electron chi connectivity index (χ2n) is 6.93. The van der Waals surface area contributed by atoms with Crippen LogP contribution in [0.5, 0.6) is 5.75 Å². The summed E-state index contributed by atoms with van der Waals surface area (Å²) in [6.45, 7) is 4.45. The Balaban J connectivity index is 1.59. The molecule has 3 rings (SSSR count). The van der Waals surface area contributed by atoms with Gasteiger partial charge in [-0.15, -0.1) is 0 Å². The highest BCUT2D eigenvalue weighted by atomic mass is 19.1. The Labute approximate surface area is 170 Å². The molecule has 1 aliphatic heterocycles. The molecule has 6 nitrogen and oxygen atoms in total. The average molecular weight is 398 g/mol. The van der Waals surface area contributed by atoms with E-state index in [1.54, 1.807) is 7.11 Å². The number of guanidine groups is 1. The summed E-state index contributed by atoms with van der Waals surface area (Å²) in [6.07, 6.45) is 1.03. The maximum absolute atomic E-state index is 13.0. The molecule has 1 fully saturated rings. The normalized spacial score (nSPS) is 16.6. The van der Waals surface area contributed by atoms with E-state index >= 15 is 0 Å². The van der Waals surface area contributed by atoms with Gasteiger partial charge in [0.15, 0.2) is 5.96 Å². The Morgan fingerprint density at radius 1 is 1.21 bits per heavy atom. The van der Waals surface area contributed by atoms with E-state index in [1.807, 2.05) is 19.1 Å². The Kier molecular flexibility index (Phi) is 7.05. The molecule has 0 spiro atoms. The van der Waals surface area contributed by atoms with Gasteiger partial charge in [-0.3, -0.25) is 4.79 Å². The molecule has 2 aromatic rings. The van der Waals surface area contributed by atoms with Crippen molar-refractivity contribution in [3.05, 3.63) is 59.9 Å². The van der Waals surface area contributed by atoms with Crippen LogP contribution in [0.2, 0.25) is 0 Å². The summed E-state index contributed by atoms with van der Waals surface area (Å²) in [7, 11) is 1.66. The van der Waals surface area contributed by atoms with Crippen LogP contribution < -0.4 is 15.4 Å². The van der Waals surface area contributed by atoms with Crippen molar-refractivity contribution in [2.45, 2.75) is 19.3 Å². The van der Waals surface area contributed by atoms with E-state index in [4.69, 9.17) is 4.74 Å². The average Bonchev–Trinajstić information content (AvgIpc) is 3.23. The lowest BCUT2D eigenvalue weighted by Gasteiger charge is -2.21. The zero-order chi connectivity index (χ0) is 20.6. The topological polar surface area (TPSA) is 66.0 Å². The predicted octanol–water partition coefficient (Wildman–Crippen LogP) is 3.23. The summed E-state index contributed by atoms with van der Waals surface area (Å²) in [6, 6.07) is 13.9. The van der Waals surface area contributed by atoms with Gasteiger partial charge in [0.2, 0.25) is 5.91 Å². The van der Waals surface area contributed by atoms with Crippen LogP contribution in [-0.4, -0.2) is 50.1 Å². The molecule has 0 aromatic heterocycles. The Hall–Kier alpha value is -3.09. The number of nitrogens with zero attached hydrogens (tertiary/aromatic N) is 2. The minimum atomic E-state index is -0.337. The Bertz CT molecular complexity index is 837. The van der Waals surface area contributed by atoms with Gasteiger partial charge in [0.1, 0.15) is 18.1 Å². The van der Waals surface area contributed by atoms with E-state index in [0.29, 0.717) is 11.6 Å². The number of rotatable bonds is 6. The number of ether oxygens (including phenoxy) is 1. The summed E-state index contributed by atoms with van der Waals surface area (Å²) in [4.78, 5) is 18.9. The monoisotopic (exact) mass is 398 g/mol. The van der Waals surface area contributed by atoms with Crippen molar-refractivity contribution in [3.8, 4) is 5.75 Å². The van der Waals surface area contributed by atoms with Gasteiger partial charge in [0, 0.05) is 31.2 Å². The van der Waals surface area contributed by atoms with Gasteiger partial charge >= 0.3 is 0 Å². The highest BCUT2D eigenvalue weighted by Crippen LogP contribution is 2.28. The molecule has 1 aliphatic rings. The second kappa shape index (κ2) is 9.91. The summed E-state index contributed by atoms with van der Waals surface area (Å²) >= 11 is 0. The SMILES string of the molecule is CCNC(=NCC(=O)Nc1ccc(F)cc1)N1CCC(c2ccc(OC)cc2)C1. The standard InChI is InChI=1S/C22H27FN4O2/c1-3-24-22(25-14-21(28)26-19-8-6-18(23)7-9-19)27-13-12-17(15-27)16-4-10-20(29-2)11-5-16/h4-11,17H,3,12-15H2,1-2H3,(H,24,25)(H,26,28). The van der Waals surface area contributed by atoms with Gasteiger partial charge in [-0.1, -0.05) is 12.1 Å². The van der Waals surface area contributed by atoms with Gasteiger partial charge in [-0.05, 0) is 55.3 Å². The molecule has 1 saturated heterocycles. The number of nitrogens with one attached hydrogen (secondary N) is 2. The fraction of sp³-hybridized carbons (Fsp3) is 0.364. The number of hydrogen-bond donors (Lipinski definition) is 2. The lowest BCUT2D eigenvalue weighted by atomic mass is 9.98. The first kappa shape index (κ1) is 20.6. The lowest BCUT2D eigenvalue weighted by Crippen LogP contribution is -2.40. The molecule has 0 aliphatic carbocycles. The molecule has 0 saturated carbocycles. The maximum Gasteiger partial charge on any atom is 0.246 e. The van der Waals surface area contributed by atoms with Gasteiger partial charge in [-0.25, -0.2) is 9.38 Å². The van der Waals surface area contributed by atoms with Crippen molar-refractivity contribution >= 4 is 17.6 Å². The third kappa shape index (κ3) is 5.70. The molecular weight excluding hydrogens is 371 g/mol. The molecule has 2 N–H and O–H groups in total. The van der Waals surface area contributed by atoms with Crippen molar-refractivity contribution in [3.63, 3.8) is 0 Å². The number of benzene rings is 2. The number of carbonyl (C=O) groups excluding carboxylic acids is 1. The first-order valence-electron chi connectivity index (χ1n) is 9.81. The van der Waals surface area contributed by atoms with Gasteiger partial charge < -0.3 is 20.3 Å². The largest absolute Gasteiger partial charge is 0.497 e. The first-order chi connectivity index (χ1) is 14.1. The van der Waals surface area contributed by atoms with E-state index in [0.717, 1.165) is 37.8 Å². The van der Waals surface area contributed by atoms with Crippen molar-refractivity contribution in [2.24, 2.45) is 4.99 Å². The van der Waals surface area contributed by atoms with Crippen LogP contribution in [0, 0.1) is 5.82 Å². The number of likely N-dealkylation sites (tertiary alicyclic amines) is 1. The predicted molar refractivity (Wildman–Crippen MR) is 113 cm³/mol. The van der Waals surface area contributed by atoms with E-state index < -0.39 is 0 Å². The highest BCUT2D eigenvalue weighted by molar-refractivity contribution is 5.94. The summed E-state index contributed by atoms with van der Waals surface area (Å²) in [5, 5.41) is 6.00.